The molecule has 0 saturated heterocycles. The fourth-order valence-corrected chi connectivity index (χ4v) is 1.07. The Balaban J connectivity index is 0.000000451. The van der Waals surface area contributed by atoms with Crippen LogP contribution in [0.1, 0.15) is 19.4 Å². The van der Waals surface area contributed by atoms with Gasteiger partial charge in [-0.3, -0.25) is 0 Å². The third-order valence-electron chi connectivity index (χ3n) is 1.65. The van der Waals surface area contributed by atoms with E-state index < -0.39 is 0 Å². The van der Waals surface area contributed by atoms with Crippen molar-refractivity contribution in [3.63, 3.8) is 0 Å². The van der Waals surface area contributed by atoms with Gasteiger partial charge in [0.05, 0.1) is 0 Å². The van der Waals surface area contributed by atoms with Gasteiger partial charge in [-0.15, -0.1) is 0 Å². The van der Waals surface area contributed by atoms with Gasteiger partial charge in [-0.25, -0.2) is 0 Å². The molecule has 1 heterocycles. The normalized spacial score (nSPS) is 8.54. The number of nitrogens with zero attached hydrogens (tertiary/aromatic N) is 2. The Kier molecular flexibility index (Phi) is 5.61. The zero-order valence-electron chi connectivity index (χ0n) is 8.08. The van der Waals surface area contributed by atoms with E-state index in [0.29, 0.717) is 0 Å². The van der Waals surface area contributed by atoms with Crippen LogP contribution >= 0.6 is 0 Å². The standard InChI is InChI=1S/C8H7N2.C2H6.Re/c1-6-3-2-4-8-7(6)5-9-10-8;1-2;/h2-5H,1H3;1-2H3;/q-1;;. The average molecular weight is 347 g/mol. The fourth-order valence-electron chi connectivity index (χ4n) is 1.07. The minimum atomic E-state index is 0. The fraction of sp³-hybridized carbons (Fsp3) is 0.300. The molecule has 0 aliphatic rings. The largest absolute Gasteiger partial charge is 0.581 e. The second-order valence-corrected chi connectivity index (χ2v) is 2.35. The average Bonchev–Trinajstić information content (AvgIpc) is 2.57. The molecule has 0 saturated carbocycles. The van der Waals surface area contributed by atoms with E-state index in [1.807, 2.05) is 26.0 Å². The molecule has 0 aliphatic heterocycles. The van der Waals surface area contributed by atoms with Crippen LogP contribution in [0.2, 0.25) is 0 Å². The molecule has 3 heteroatoms. The van der Waals surface area contributed by atoms with Crippen LogP contribution in [0, 0.1) is 6.92 Å². The second-order valence-electron chi connectivity index (χ2n) is 2.35. The molecule has 0 aliphatic carbocycles. The van der Waals surface area contributed by atoms with E-state index in [1.54, 1.807) is 6.20 Å². The number of hydrogen-bond acceptors (Lipinski definition) is 1. The first-order chi connectivity index (χ1) is 5.88. The first kappa shape index (κ1) is 12.4. The number of fused-ring (bicyclic) bond motifs is 1. The Bertz CT molecular complexity index is 354. The molecule has 13 heavy (non-hydrogen) atoms. The van der Waals surface area contributed by atoms with E-state index in [1.165, 1.54) is 5.56 Å². The zero-order valence-corrected chi connectivity index (χ0v) is 10.8. The maximum atomic E-state index is 3.93. The van der Waals surface area contributed by atoms with Crippen LogP contribution in [0.5, 0.6) is 0 Å². The Morgan fingerprint density at radius 3 is 2.54 bits per heavy atom. The molecule has 1 aromatic heterocycles. The molecule has 2 aromatic rings. The smallest absolute Gasteiger partial charge is 0.0469 e. The summed E-state index contributed by atoms with van der Waals surface area (Å²) in [4.78, 5) is 0. The summed E-state index contributed by atoms with van der Waals surface area (Å²) >= 11 is 0. The van der Waals surface area contributed by atoms with E-state index in [9.17, 15) is 0 Å². The SMILES string of the molecule is CC.Cc1cccc2n[n-]cc12.[Re]. The second kappa shape index (κ2) is 5.91. The first-order valence-electron chi connectivity index (χ1n) is 4.21. The molecule has 0 atom stereocenters. The summed E-state index contributed by atoms with van der Waals surface area (Å²) in [6, 6.07) is 6.02. The van der Waals surface area contributed by atoms with Gasteiger partial charge in [0.2, 0.25) is 0 Å². The molecule has 0 spiro atoms. The van der Waals surface area contributed by atoms with Crippen LogP contribution in [-0.2, 0) is 20.4 Å². The summed E-state index contributed by atoms with van der Waals surface area (Å²) < 4.78 is 0. The van der Waals surface area contributed by atoms with E-state index in [4.69, 9.17) is 0 Å². The van der Waals surface area contributed by atoms with Gasteiger partial charge < -0.3 is 10.2 Å². The van der Waals surface area contributed by atoms with E-state index in [2.05, 4.69) is 23.2 Å². The first-order valence-corrected chi connectivity index (χ1v) is 4.21. The van der Waals surface area contributed by atoms with Gasteiger partial charge in [0.1, 0.15) is 0 Å². The van der Waals surface area contributed by atoms with Crippen molar-refractivity contribution >= 4 is 10.9 Å². The predicted molar refractivity (Wildman–Crippen MR) is 51.1 cm³/mol. The van der Waals surface area contributed by atoms with Crippen molar-refractivity contribution in [2.45, 2.75) is 20.8 Å². The van der Waals surface area contributed by atoms with Crippen molar-refractivity contribution in [2.24, 2.45) is 0 Å². The molecule has 0 unspecified atom stereocenters. The van der Waals surface area contributed by atoms with E-state index in [0.717, 1.165) is 10.9 Å². The number of aromatic nitrogens is 2. The van der Waals surface area contributed by atoms with Gasteiger partial charge in [-0.1, -0.05) is 26.0 Å². The summed E-state index contributed by atoms with van der Waals surface area (Å²) in [5.74, 6) is 0. The Morgan fingerprint density at radius 1 is 1.23 bits per heavy atom. The number of rotatable bonds is 0. The maximum absolute atomic E-state index is 3.93. The topological polar surface area (TPSA) is 27.0 Å². The summed E-state index contributed by atoms with van der Waals surface area (Å²) in [6.07, 6.45) is 1.80. The van der Waals surface area contributed by atoms with Crippen LogP contribution < -0.4 is 5.10 Å². The molecule has 2 nitrogen and oxygen atoms in total. The molecule has 2 rings (SSSR count). The van der Waals surface area contributed by atoms with Gasteiger partial charge in [0.15, 0.2) is 0 Å². The molecular weight excluding hydrogens is 334 g/mol. The number of benzene rings is 1. The Labute approximate surface area is 92.4 Å². The summed E-state index contributed by atoms with van der Waals surface area (Å²) in [5, 5.41) is 8.90. The van der Waals surface area contributed by atoms with Crippen LogP contribution in [0.3, 0.4) is 0 Å². The van der Waals surface area contributed by atoms with Gasteiger partial charge in [-0.2, -0.15) is 6.20 Å². The molecule has 0 bridgehead atoms. The molecule has 0 N–H and O–H groups in total. The third kappa shape index (κ3) is 2.65. The van der Waals surface area contributed by atoms with Crippen molar-refractivity contribution in [3.05, 3.63) is 30.0 Å². The van der Waals surface area contributed by atoms with Crippen LogP contribution in [-0.4, -0.2) is 5.10 Å². The van der Waals surface area contributed by atoms with Crippen molar-refractivity contribution in [3.8, 4) is 0 Å². The predicted octanol–water partition coefficient (Wildman–Crippen LogP) is 2.52. The maximum Gasteiger partial charge on any atom is 0.0469 e. The molecule has 0 fully saturated rings. The van der Waals surface area contributed by atoms with Gasteiger partial charge in [-0.05, 0) is 23.9 Å². The summed E-state index contributed by atoms with van der Waals surface area (Å²) in [5.41, 5.74) is 2.22. The van der Waals surface area contributed by atoms with E-state index >= 15 is 0 Å². The Hall–Kier alpha value is -0.648. The summed E-state index contributed by atoms with van der Waals surface area (Å²) in [7, 11) is 0. The number of hydrogen-bond donors (Lipinski definition) is 0. The van der Waals surface area contributed by atoms with Crippen molar-refractivity contribution < 1.29 is 20.4 Å². The quantitative estimate of drug-likeness (QED) is 0.732. The van der Waals surface area contributed by atoms with Crippen molar-refractivity contribution in [2.75, 3.05) is 0 Å². The third-order valence-corrected chi connectivity index (χ3v) is 1.65. The van der Waals surface area contributed by atoms with Crippen LogP contribution in [0.15, 0.2) is 24.4 Å². The molecule has 71 valence electrons. The Morgan fingerprint density at radius 2 is 1.92 bits per heavy atom. The van der Waals surface area contributed by atoms with E-state index in [-0.39, 0.29) is 20.4 Å². The van der Waals surface area contributed by atoms with Gasteiger partial charge >= 0.3 is 0 Å². The van der Waals surface area contributed by atoms with Crippen LogP contribution in [0.25, 0.3) is 10.9 Å². The monoisotopic (exact) mass is 348 g/mol. The minimum Gasteiger partial charge on any atom is -0.581 e. The van der Waals surface area contributed by atoms with Crippen molar-refractivity contribution in [1.29, 1.82) is 0 Å². The number of aryl methyl sites for hydroxylation is 1. The van der Waals surface area contributed by atoms with Crippen molar-refractivity contribution in [1.82, 2.24) is 10.2 Å². The molecule has 0 amide bonds. The molecular formula is C10H13N2Re-. The molecule has 1 radical (unpaired) electrons. The van der Waals surface area contributed by atoms with Crippen LogP contribution in [0.4, 0.5) is 0 Å². The van der Waals surface area contributed by atoms with Gasteiger partial charge in [0.25, 0.3) is 0 Å². The zero-order chi connectivity index (χ0) is 8.97. The minimum absolute atomic E-state index is 0. The molecule has 1 aromatic carbocycles. The summed E-state index contributed by atoms with van der Waals surface area (Å²) in [6.45, 7) is 6.06. The van der Waals surface area contributed by atoms with Gasteiger partial charge in [0, 0.05) is 25.9 Å².